The zero-order valence-electron chi connectivity index (χ0n) is 14.8. The van der Waals surface area contributed by atoms with Crippen molar-refractivity contribution in [2.24, 2.45) is 0 Å². The Bertz CT molecular complexity index is 789. The second kappa shape index (κ2) is 9.25. The highest BCUT2D eigenvalue weighted by molar-refractivity contribution is 5.95. The van der Waals surface area contributed by atoms with Gasteiger partial charge in [-0.25, -0.2) is 9.18 Å². The number of hydrogen-bond donors (Lipinski definition) is 1. The first-order chi connectivity index (χ1) is 13.1. The van der Waals surface area contributed by atoms with Gasteiger partial charge in [0.15, 0.2) is 6.61 Å². The van der Waals surface area contributed by atoms with Gasteiger partial charge in [0.2, 0.25) is 0 Å². The Balaban J connectivity index is 1.46. The summed E-state index contributed by atoms with van der Waals surface area (Å²) in [4.78, 5) is 26.2. The van der Waals surface area contributed by atoms with Crippen molar-refractivity contribution in [3.05, 3.63) is 65.5 Å². The van der Waals surface area contributed by atoms with Crippen molar-refractivity contribution in [3.8, 4) is 0 Å². The highest BCUT2D eigenvalue weighted by atomic mass is 19.1. The fourth-order valence-corrected chi connectivity index (χ4v) is 2.74. The van der Waals surface area contributed by atoms with E-state index in [1.54, 1.807) is 18.2 Å². The van der Waals surface area contributed by atoms with Gasteiger partial charge < -0.3 is 14.8 Å². The molecule has 27 heavy (non-hydrogen) atoms. The van der Waals surface area contributed by atoms with E-state index in [9.17, 15) is 14.0 Å². The Kier molecular flexibility index (Phi) is 6.51. The highest BCUT2D eigenvalue weighted by Crippen LogP contribution is 2.11. The Hall–Kier alpha value is -2.77. The van der Waals surface area contributed by atoms with E-state index in [2.05, 4.69) is 10.2 Å². The molecule has 3 rings (SSSR count). The summed E-state index contributed by atoms with van der Waals surface area (Å²) in [5.74, 6) is -1.57. The van der Waals surface area contributed by atoms with Gasteiger partial charge in [0, 0.05) is 25.3 Å². The van der Waals surface area contributed by atoms with Crippen LogP contribution in [-0.4, -0.2) is 49.7 Å². The number of amides is 1. The number of morpholine rings is 1. The molecule has 1 aliphatic heterocycles. The van der Waals surface area contributed by atoms with Crippen LogP contribution in [0.1, 0.15) is 15.9 Å². The third kappa shape index (κ3) is 5.87. The number of ether oxygens (including phenoxy) is 2. The van der Waals surface area contributed by atoms with Gasteiger partial charge in [-0.05, 0) is 35.9 Å². The average Bonchev–Trinajstić information content (AvgIpc) is 2.67. The summed E-state index contributed by atoms with van der Waals surface area (Å²) in [5.41, 5.74) is 1.78. The van der Waals surface area contributed by atoms with Gasteiger partial charge in [-0.1, -0.05) is 18.2 Å². The lowest BCUT2D eigenvalue weighted by atomic mass is 10.1. The molecule has 0 aromatic heterocycles. The molecule has 1 fully saturated rings. The van der Waals surface area contributed by atoms with Gasteiger partial charge in [0.1, 0.15) is 5.82 Å². The first-order valence-electron chi connectivity index (χ1n) is 8.72. The van der Waals surface area contributed by atoms with E-state index in [0.717, 1.165) is 38.4 Å². The molecule has 1 heterocycles. The normalized spacial score (nSPS) is 14.6. The predicted molar refractivity (Wildman–Crippen MR) is 97.9 cm³/mol. The second-order valence-electron chi connectivity index (χ2n) is 6.22. The van der Waals surface area contributed by atoms with Crippen LogP contribution in [0.3, 0.4) is 0 Å². The van der Waals surface area contributed by atoms with Crippen LogP contribution in [0.5, 0.6) is 0 Å². The lowest BCUT2D eigenvalue weighted by Gasteiger charge is -2.26. The predicted octanol–water partition coefficient (Wildman–Crippen LogP) is 2.45. The zero-order chi connectivity index (χ0) is 19.1. The maximum absolute atomic E-state index is 13.1. The largest absolute Gasteiger partial charge is 0.452 e. The number of hydrogen-bond acceptors (Lipinski definition) is 5. The number of carbonyl (C=O) groups is 2. The molecule has 7 heteroatoms. The smallest absolute Gasteiger partial charge is 0.338 e. The van der Waals surface area contributed by atoms with Crippen LogP contribution < -0.4 is 5.32 Å². The molecule has 0 spiro atoms. The van der Waals surface area contributed by atoms with Crippen LogP contribution in [0, 0.1) is 5.82 Å². The number of benzene rings is 2. The molecule has 1 N–H and O–H groups in total. The van der Waals surface area contributed by atoms with Gasteiger partial charge in [-0.15, -0.1) is 0 Å². The monoisotopic (exact) mass is 372 g/mol. The van der Waals surface area contributed by atoms with Crippen molar-refractivity contribution < 1.29 is 23.5 Å². The molecule has 142 valence electrons. The summed E-state index contributed by atoms with van der Waals surface area (Å²) in [7, 11) is 0. The van der Waals surface area contributed by atoms with E-state index < -0.39 is 24.3 Å². The maximum atomic E-state index is 13.1. The minimum absolute atomic E-state index is 0.309. The van der Waals surface area contributed by atoms with E-state index in [1.807, 2.05) is 12.1 Å². The van der Waals surface area contributed by atoms with Crippen molar-refractivity contribution in [1.82, 2.24) is 4.90 Å². The fraction of sp³-hybridized carbons (Fsp3) is 0.300. The van der Waals surface area contributed by atoms with E-state index in [-0.39, 0.29) is 0 Å². The molecule has 0 aliphatic carbocycles. The molecule has 0 unspecified atom stereocenters. The molecule has 0 bridgehead atoms. The Morgan fingerprint density at radius 1 is 1.11 bits per heavy atom. The van der Waals surface area contributed by atoms with Crippen molar-refractivity contribution in [3.63, 3.8) is 0 Å². The first kappa shape index (κ1) is 19.0. The summed E-state index contributed by atoms with van der Waals surface area (Å²) < 4.78 is 23.4. The van der Waals surface area contributed by atoms with Crippen LogP contribution >= 0.6 is 0 Å². The number of nitrogens with one attached hydrogen (secondary N) is 1. The number of rotatable bonds is 6. The van der Waals surface area contributed by atoms with Crippen molar-refractivity contribution in [1.29, 1.82) is 0 Å². The standard InChI is InChI=1S/C20H21FN2O4/c21-17-2-1-3-18(12-17)22-19(24)14-27-20(25)16-6-4-15(5-7-16)13-23-8-10-26-11-9-23/h1-7,12H,8-11,13-14H2,(H,22,24). The third-order valence-electron chi connectivity index (χ3n) is 4.14. The molecule has 1 amide bonds. The lowest BCUT2D eigenvalue weighted by molar-refractivity contribution is -0.119. The van der Waals surface area contributed by atoms with Crippen LogP contribution in [0.4, 0.5) is 10.1 Å². The van der Waals surface area contributed by atoms with Crippen molar-refractivity contribution in [2.75, 3.05) is 38.2 Å². The Morgan fingerprint density at radius 3 is 2.56 bits per heavy atom. The van der Waals surface area contributed by atoms with E-state index in [4.69, 9.17) is 9.47 Å². The summed E-state index contributed by atoms with van der Waals surface area (Å²) in [6, 6.07) is 12.6. The van der Waals surface area contributed by atoms with Crippen LogP contribution in [0.15, 0.2) is 48.5 Å². The molecular weight excluding hydrogens is 351 g/mol. The van der Waals surface area contributed by atoms with Gasteiger partial charge >= 0.3 is 5.97 Å². The van der Waals surface area contributed by atoms with Crippen molar-refractivity contribution >= 4 is 17.6 Å². The summed E-state index contributed by atoms with van der Waals surface area (Å²) >= 11 is 0. The van der Waals surface area contributed by atoms with Crippen molar-refractivity contribution in [2.45, 2.75) is 6.54 Å². The first-order valence-corrected chi connectivity index (χ1v) is 8.72. The number of halogens is 1. The minimum atomic E-state index is -0.581. The lowest BCUT2D eigenvalue weighted by Crippen LogP contribution is -2.35. The van der Waals surface area contributed by atoms with Gasteiger partial charge in [-0.2, -0.15) is 0 Å². The molecule has 6 nitrogen and oxygen atoms in total. The quantitative estimate of drug-likeness (QED) is 0.789. The Morgan fingerprint density at radius 2 is 1.85 bits per heavy atom. The Labute approximate surface area is 156 Å². The number of carbonyl (C=O) groups excluding carboxylic acids is 2. The van der Waals surface area contributed by atoms with Gasteiger partial charge in [0.25, 0.3) is 5.91 Å². The molecule has 0 atom stereocenters. The number of nitrogens with zero attached hydrogens (tertiary/aromatic N) is 1. The summed E-state index contributed by atoms with van der Waals surface area (Å²) in [5, 5.41) is 2.47. The average molecular weight is 372 g/mol. The molecular formula is C20H21FN2O4. The zero-order valence-corrected chi connectivity index (χ0v) is 14.8. The van der Waals surface area contributed by atoms with Crippen LogP contribution in [0.25, 0.3) is 0 Å². The van der Waals surface area contributed by atoms with Gasteiger partial charge in [-0.3, -0.25) is 9.69 Å². The molecule has 2 aromatic carbocycles. The second-order valence-corrected chi connectivity index (χ2v) is 6.22. The van der Waals surface area contributed by atoms with Crippen LogP contribution in [0.2, 0.25) is 0 Å². The maximum Gasteiger partial charge on any atom is 0.338 e. The van der Waals surface area contributed by atoms with E-state index in [0.29, 0.717) is 11.3 Å². The molecule has 0 radical (unpaired) electrons. The number of esters is 1. The molecule has 1 saturated heterocycles. The fourth-order valence-electron chi connectivity index (χ4n) is 2.74. The van der Waals surface area contributed by atoms with Gasteiger partial charge in [0.05, 0.1) is 18.8 Å². The van der Waals surface area contributed by atoms with Crippen LogP contribution in [-0.2, 0) is 20.8 Å². The molecule has 1 aliphatic rings. The van der Waals surface area contributed by atoms with E-state index in [1.165, 1.54) is 18.2 Å². The number of anilines is 1. The summed E-state index contributed by atoms with van der Waals surface area (Å²) in [6.45, 7) is 3.62. The minimum Gasteiger partial charge on any atom is -0.452 e. The summed E-state index contributed by atoms with van der Waals surface area (Å²) in [6.07, 6.45) is 0. The van der Waals surface area contributed by atoms with E-state index >= 15 is 0 Å². The molecule has 0 saturated carbocycles. The highest BCUT2D eigenvalue weighted by Gasteiger charge is 2.13. The topological polar surface area (TPSA) is 67.9 Å². The SMILES string of the molecule is O=C(COC(=O)c1ccc(CN2CCOCC2)cc1)Nc1cccc(F)c1. The molecule has 2 aromatic rings. The third-order valence-corrected chi connectivity index (χ3v) is 4.14.